The Bertz CT molecular complexity index is 94.5. The molecule has 7 heavy (non-hydrogen) atoms. The maximum Gasteiger partial charge on any atom is 0.322 e. The lowest BCUT2D eigenvalue weighted by atomic mass is 10.3. The van der Waals surface area contributed by atoms with Gasteiger partial charge in [-0.05, 0) is 0 Å². The predicted molar refractivity (Wildman–Crippen MR) is 22.7 cm³/mol. The second-order valence-electron chi connectivity index (χ2n) is 1.01. The van der Waals surface area contributed by atoms with E-state index in [1.54, 1.807) is 0 Å². The average molecular weight is 107 g/mol. The highest BCUT2D eigenvalue weighted by molar-refractivity contribution is 5.73. The topological polar surface area (TPSA) is 83.5 Å². The van der Waals surface area contributed by atoms with Gasteiger partial charge in [0, 0.05) is 0 Å². The minimum atomic E-state index is -1.73. The molecule has 0 aliphatic rings. The summed E-state index contributed by atoms with van der Waals surface area (Å²) in [6.45, 7) is -1.73. The zero-order valence-corrected chi connectivity index (χ0v) is 3.53. The van der Waals surface area contributed by atoms with Gasteiger partial charge < -0.3 is 15.9 Å². The molecule has 0 aliphatic heterocycles. The molecule has 1 unspecified atom stereocenters. The van der Waals surface area contributed by atoms with Crippen LogP contribution < -0.4 is 5.73 Å². The summed E-state index contributed by atoms with van der Waals surface area (Å²) in [6.07, 6.45) is 0. The zero-order chi connectivity index (χ0) is 6.73. The first kappa shape index (κ1) is 4.55. The SMILES string of the molecule is [3H]C(O)[C@H](N)C(=O)O. The molecular formula is C3H7NO3. The number of carboxylic acid groups (broad SMARTS) is 1. The molecule has 0 aromatic carbocycles. The normalized spacial score (nSPS) is 20.0. The molecule has 0 heterocycles. The van der Waals surface area contributed by atoms with Crippen molar-refractivity contribution in [2.75, 3.05) is 6.58 Å². The molecule has 0 fully saturated rings. The Hall–Kier alpha value is -0.610. The van der Waals surface area contributed by atoms with Crippen molar-refractivity contribution in [1.29, 1.82) is 0 Å². The average Bonchev–Trinajstić information content (AvgIpc) is 1.64. The van der Waals surface area contributed by atoms with Crippen molar-refractivity contribution in [1.82, 2.24) is 0 Å². The van der Waals surface area contributed by atoms with Crippen LogP contribution in [-0.2, 0) is 4.79 Å². The van der Waals surface area contributed by atoms with Crippen LogP contribution in [-0.4, -0.2) is 28.8 Å². The lowest BCUT2D eigenvalue weighted by Gasteiger charge is -1.96. The van der Waals surface area contributed by atoms with Crippen molar-refractivity contribution in [3.05, 3.63) is 0 Å². The fraction of sp³-hybridized carbons (Fsp3) is 0.667. The Labute approximate surface area is 42.0 Å². The van der Waals surface area contributed by atoms with Crippen molar-refractivity contribution in [3.63, 3.8) is 0 Å². The van der Waals surface area contributed by atoms with E-state index in [1.165, 1.54) is 0 Å². The van der Waals surface area contributed by atoms with Crippen molar-refractivity contribution in [2.24, 2.45) is 5.73 Å². The van der Waals surface area contributed by atoms with Gasteiger partial charge >= 0.3 is 5.97 Å². The number of nitrogens with two attached hydrogens (primary N) is 1. The Morgan fingerprint density at radius 2 is 2.57 bits per heavy atom. The van der Waals surface area contributed by atoms with Gasteiger partial charge in [0.25, 0.3) is 0 Å². The highest BCUT2D eigenvalue weighted by Gasteiger charge is 2.06. The third kappa shape index (κ3) is 2.13. The zero-order valence-electron chi connectivity index (χ0n) is 4.53. The van der Waals surface area contributed by atoms with Gasteiger partial charge in [-0.25, -0.2) is 0 Å². The van der Waals surface area contributed by atoms with Gasteiger partial charge in [-0.3, -0.25) is 4.79 Å². The summed E-state index contributed by atoms with van der Waals surface area (Å²) in [5.41, 5.74) is 4.72. The molecule has 42 valence electrons. The first-order valence-corrected chi connectivity index (χ1v) is 1.64. The monoisotopic (exact) mass is 107 g/mol. The van der Waals surface area contributed by atoms with Gasteiger partial charge in [0.15, 0.2) is 0 Å². The molecule has 4 heteroatoms. The first-order valence-electron chi connectivity index (χ1n) is 2.22. The van der Waals surface area contributed by atoms with Crippen LogP contribution in [0.5, 0.6) is 0 Å². The van der Waals surface area contributed by atoms with Crippen LogP contribution in [0.25, 0.3) is 0 Å². The summed E-state index contributed by atoms with van der Waals surface area (Å²) in [7, 11) is 0. The Balaban J connectivity index is 3.64. The maximum atomic E-state index is 9.74. The van der Waals surface area contributed by atoms with E-state index in [0.29, 0.717) is 0 Å². The van der Waals surface area contributed by atoms with Crippen LogP contribution in [0.2, 0.25) is 0 Å². The minimum absolute atomic E-state index is 1.37. The standard InChI is InChI=1S/C3H7NO3/c4-2(1-5)3(6)7/h2,5H,1,4H2,(H,6,7)/t2-/m0/s1/i1T/t1?,2-. The third-order valence-corrected chi connectivity index (χ3v) is 0.446. The van der Waals surface area contributed by atoms with E-state index in [4.69, 9.17) is 17.3 Å². The lowest BCUT2D eigenvalue weighted by Crippen LogP contribution is -2.33. The molecule has 0 aromatic rings. The fourth-order valence-corrected chi connectivity index (χ4v) is 0.0638. The van der Waals surface area contributed by atoms with Crippen molar-refractivity contribution in [3.8, 4) is 0 Å². The molecule has 2 atom stereocenters. The summed E-state index contributed by atoms with van der Waals surface area (Å²) in [5, 5.41) is 16.1. The van der Waals surface area contributed by atoms with Crippen LogP contribution in [0.4, 0.5) is 0 Å². The van der Waals surface area contributed by atoms with Gasteiger partial charge in [0.05, 0.1) is 7.95 Å². The van der Waals surface area contributed by atoms with Crippen molar-refractivity contribution < 1.29 is 16.4 Å². The van der Waals surface area contributed by atoms with Gasteiger partial charge in [-0.1, -0.05) is 0 Å². The highest BCUT2D eigenvalue weighted by Crippen LogP contribution is 1.71. The molecule has 0 rings (SSSR count). The molecule has 4 nitrogen and oxygen atoms in total. The van der Waals surface area contributed by atoms with E-state index in [9.17, 15) is 4.79 Å². The van der Waals surface area contributed by atoms with Crippen LogP contribution in [0.3, 0.4) is 0 Å². The smallest absolute Gasteiger partial charge is 0.322 e. The predicted octanol–water partition coefficient (Wildman–Crippen LogP) is -1.61. The molecule has 0 saturated heterocycles. The molecule has 0 radical (unpaired) electrons. The van der Waals surface area contributed by atoms with Gasteiger partial charge in [0.2, 0.25) is 0 Å². The molecule has 0 amide bonds. The van der Waals surface area contributed by atoms with Crippen molar-refractivity contribution in [2.45, 2.75) is 6.04 Å². The van der Waals surface area contributed by atoms with E-state index in [0.717, 1.165) is 0 Å². The van der Waals surface area contributed by atoms with Gasteiger partial charge in [-0.2, -0.15) is 0 Å². The van der Waals surface area contributed by atoms with Gasteiger partial charge in [0.1, 0.15) is 6.04 Å². The third-order valence-electron chi connectivity index (χ3n) is 0.446. The number of aliphatic carboxylic acids is 1. The van der Waals surface area contributed by atoms with Crippen LogP contribution in [0, 0.1) is 0 Å². The maximum absolute atomic E-state index is 9.74. The Morgan fingerprint density at radius 3 is 2.57 bits per heavy atom. The van der Waals surface area contributed by atoms with E-state index in [1.807, 2.05) is 0 Å². The number of aliphatic hydroxyl groups excluding tert-OH is 1. The van der Waals surface area contributed by atoms with Crippen molar-refractivity contribution >= 4 is 5.97 Å². The molecule has 0 saturated carbocycles. The molecule has 4 N–H and O–H groups in total. The Morgan fingerprint density at radius 1 is 2.14 bits per heavy atom. The Kier molecular flexibility index (Phi) is 1.65. The minimum Gasteiger partial charge on any atom is -0.480 e. The second kappa shape index (κ2) is 2.54. The van der Waals surface area contributed by atoms with Crippen LogP contribution in [0.1, 0.15) is 1.37 Å². The van der Waals surface area contributed by atoms with E-state index in [-0.39, 0.29) is 0 Å². The molecule has 0 spiro atoms. The summed E-state index contributed by atoms with van der Waals surface area (Å²) < 4.78 is 6.36. The largest absolute Gasteiger partial charge is 0.480 e. The number of carbonyl (C=O) groups is 1. The summed E-state index contributed by atoms with van der Waals surface area (Å²) in [5.74, 6) is -1.37. The first-order chi connectivity index (χ1) is 3.55. The number of hydrogen-bond acceptors (Lipinski definition) is 3. The fourth-order valence-electron chi connectivity index (χ4n) is 0.0638. The van der Waals surface area contributed by atoms with Crippen LogP contribution in [0.15, 0.2) is 0 Å². The number of carboxylic acids is 1. The van der Waals surface area contributed by atoms with E-state index in [2.05, 4.69) is 0 Å². The number of rotatable bonds is 2. The number of aliphatic hydroxyl groups is 1. The molecule has 0 aliphatic carbocycles. The van der Waals surface area contributed by atoms with Gasteiger partial charge in [-0.15, -0.1) is 0 Å². The van der Waals surface area contributed by atoms with Crippen LogP contribution >= 0.6 is 0 Å². The number of hydrogen-bond donors (Lipinski definition) is 3. The van der Waals surface area contributed by atoms with E-state index >= 15 is 0 Å². The molecule has 0 aromatic heterocycles. The molecular weight excluding hydrogens is 98.0 g/mol. The second-order valence-corrected chi connectivity index (χ2v) is 1.01. The quantitative estimate of drug-likeness (QED) is 0.396. The molecule has 0 bridgehead atoms. The summed E-state index contributed by atoms with van der Waals surface area (Å²) in [6, 6.07) is -1.49. The summed E-state index contributed by atoms with van der Waals surface area (Å²) in [4.78, 5) is 9.74. The van der Waals surface area contributed by atoms with E-state index < -0.39 is 18.6 Å². The highest BCUT2D eigenvalue weighted by atomic mass is 16.4. The summed E-state index contributed by atoms with van der Waals surface area (Å²) >= 11 is 0. The lowest BCUT2D eigenvalue weighted by molar-refractivity contribution is -0.139.